The Hall–Kier alpha value is -1.95. The molecule has 1 saturated carbocycles. The van der Waals surface area contributed by atoms with Crippen molar-refractivity contribution in [2.75, 3.05) is 5.32 Å². The summed E-state index contributed by atoms with van der Waals surface area (Å²) >= 11 is 1.58. The second-order valence-corrected chi connectivity index (χ2v) is 6.98. The van der Waals surface area contributed by atoms with Gasteiger partial charge in [-0.1, -0.05) is 12.8 Å². The first kappa shape index (κ1) is 15.0. The zero-order valence-corrected chi connectivity index (χ0v) is 13.2. The number of carbonyl (C=O) groups is 2. The van der Waals surface area contributed by atoms with Gasteiger partial charge in [-0.15, -0.1) is 11.3 Å². The minimum absolute atomic E-state index is 0.187. The lowest BCUT2D eigenvalue weighted by Gasteiger charge is -2.27. The maximum absolute atomic E-state index is 12.4. The second-order valence-electron chi connectivity index (χ2n) is 5.74. The average molecular weight is 318 g/mol. The molecule has 0 saturated heterocycles. The summed E-state index contributed by atoms with van der Waals surface area (Å²) in [6, 6.07) is 5.60. The Morgan fingerprint density at radius 2 is 2.00 bits per heavy atom. The van der Waals surface area contributed by atoms with Crippen LogP contribution in [0.15, 0.2) is 18.2 Å². The fraction of sp³-hybridized carbons (Fsp3) is 0.438. The molecule has 2 atom stereocenters. The Balaban J connectivity index is 1.77. The maximum Gasteiger partial charge on any atom is 0.307 e. The number of carboxylic acids is 1. The number of carbonyl (C=O) groups excluding carboxylic acids is 1. The highest BCUT2D eigenvalue weighted by Gasteiger charge is 2.35. The first-order chi connectivity index (χ1) is 10.5. The van der Waals surface area contributed by atoms with E-state index < -0.39 is 17.8 Å². The summed E-state index contributed by atoms with van der Waals surface area (Å²) in [4.78, 5) is 28.1. The number of amides is 1. The average Bonchev–Trinajstić information content (AvgIpc) is 2.86. The van der Waals surface area contributed by atoms with Gasteiger partial charge in [0, 0.05) is 5.69 Å². The number of nitrogens with one attached hydrogen (secondary N) is 1. The van der Waals surface area contributed by atoms with Crippen molar-refractivity contribution in [3.05, 3.63) is 23.2 Å². The molecule has 2 aromatic rings. The molecule has 1 amide bonds. The van der Waals surface area contributed by atoms with Crippen LogP contribution >= 0.6 is 11.3 Å². The predicted molar refractivity (Wildman–Crippen MR) is 86.1 cm³/mol. The number of aryl methyl sites for hydroxylation is 1. The summed E-state index contributed by atoms with van der Waals surface area (Å²) in [7, 11) is 0. The van der Waals surface area contributed by atoms with E-state index in [1.165, 1.54) is 0 Å². The van der Waals surface area contributed by atoms with Gasteiger partial charge in [0.2, 0.25) is 5.91 Å². The highest BCUT2D eigenvalue weighted by atomic mass is 32.1. The van der Waals surface area contributed by atoms with Crippen LogP contribution in [0.1, 0.15) is 30.7 Å². The standard InChI is InChI=1S/C16H18N2O3S/c1-9-17-13-7-6-10(8-14(13)22-9)18-15(19)11-4-2-3-5-12(11)16(20)21/h6-8,11-12H,2-5H2,1H3,(H,18,19)(H,20,21)/t11-,12+/m1/s1. The van der Waals surface area contributed by atoms with Crippen LogP contribution in [0.2, 0.25) is 0 Å². The fourth-order valence-electron chi connectivity index (χ4n) is 3.09. The summed E-state index contributed by atoms with van der Waals surface area (Å²) in [6.45, 7) is 1.95. The van der Waals surface area contributed by atoms with Crippen LogP contribution in [-0.4, -0.2) is 22.0 Å². The molecule has 1 aliphatic carbocycles. The third-order valence-corrected chi connectivity index (χ3v) is 5.12. The largest absolute Gasteiger partial charge is 0.481 e. The molecule has 1 aromatic heterocycles. The maximum atomic E-state index is 12.4. The number of carboxylic acid groups (broad SMARTS) is 1. The number of hydrogen-bond acceptors (Lipinski definition) is 4. The number of hydrogen-bond donors (Lipinski definition) is 2. The number of thiazole rings is 1. The zero-order valence-electron chi connectivity index (χ0n) is 12.3. The van der Waals surface area contributed by atoms with Crippen LogP contribution in [0.5, 0.6) is 0 Å². The molecule has 116 valence electrons. The molecule has 0 radical (unpaired) electrons. The van der Waals surface area contributed by atoms with Gasteiger partial charge in [-0.3, -0.25) is 9.59 Å². The lowest BCUT2D eigenvalue weighted by molar-refractivity contribution is -0.147. The van der Waals surface area contributed by atoms with Gasteiger partial charge >= 0.3 is 5.97 Å². The summed E-state index contributed by atoms with van der Waals surface area (Å²) in [5.74, 6) is -2.06. The van der Waals surface area contributed by atoms with Gasteiger partial charge in [0.05, 0.1) is 27.1 Å². The summed E-state index contributed by atoms with van der Waals surface area (Å²) in [6.07, 6.45) is 3.02. The molecule has 22 heavy (non-hydrogen) atoms. The molecule has 6 heteroatoms. The Labute approximate surface area is 132 Å². The first-order valence-corrected chi connectivity index (χ1v) is 8.27. The third-order valence-electron chi connectivity index (χ3n) is 4.18. The molecule has 5 nitrogen and oxygen atoms in total. The normalized spacial score (nSPS) is 21.7. The van der Waals surface area contributed by atoms with E-state index in [9.17, 15) is 14.7 Å². The van der Waals surface area contributed by atoms with Crippen molar-refractivity contribution in [2.24, 2.45) is 11.8 Å². The molecular weight excluding hydrogens is 300 g/mol. The molecule has 0 aliphatic heterocycles. The predicted octanol–water partition coefficient (Wildman–Crippen LogP) is 3.43. The van der Waals surface area contributed by atoms with Gasteiger partial charge in [0.15, 0.2) is 0 Å². The summed E-state index contributed by atoms with van der Waals surface area (Å²) in [5, 5.41) is 13.1. The van der Waals surface area contributed by atoms with Crippen molar-refractivity contribution in [3.8, 4) is 0 Å². The van der Waals surface area contributed by atoms with Gasteiger partial charge < -0.3 is 10.4 Å². The Morgan fingerprint density at radius 3 is 2.73 bits per heavy atom. The minimum atomic E-state index is -0.867. The molecule has 0 spiro atoms. The quantitative estimate of drug-likeness (QED) is 0.908. The fourth-order valence-corrected chi connectivity index (χ4v) is 3.96. The number of rotatable bonds is 3. The Morgan fingerprint density at radius 1 is 1.27 bits per heavy atom. The van der Waals surface area contributed by atoms with E-state index in [1.807, 2.05) is 25.1 Å². The molecule has 1 aromatic carbocycles. The Bertz CT molecular complexity index is 725. The van der Waals surface area contributed by atoms with E-state index in [0.29, 0.717) is 18.5 Å². The second kappa shape index (κ2) is 6.04. The van der Waals surface area contributed by atoms with E-state index in [-0.39, 0.29) is 5.91 Å². The number of aliphatic carboxylic acids is 1. The smallest absolute Gasteiger partial charge is 0.307 e. The third kappa shape index (κ3) is 2.97. The van der Waals surface area contributed by atoms with E-state index >= 15 is 0 Å². The monoisotopic (exact) mass is 318 g/mol. The lowest BCUT2D eigenvalue weighted by atomic mass is 9.78. The van der Waals surface area contributed by atoms with Crippen molar-refractivity contribution in [3.63, 3.8) is 0 Å². The van der Waals surface area contributed by atoms with Crippen LogP contribution < -0.4 is 5.32 Å². The number of nitrogens with zero attached hydrogens (tertiary/aromatic N) is 1. The molecular formula is C16H18N2O3S. The van der Waals surface area contributed by atoms with Gasteiger partial charge in [0.25, 0.3) is 0 Å². The van der Waals surface area contributed by atoms with Crippen LogP contribution in [0.4, 0.5) is 5.69 Å². The molecule has 1 fully saturated rings. The van der Waals surface area contributed by atoms with Crippen LogP contribution in [0.25, 0.3) is 10.2 Å². The van der Waals surface area contributed by atoms with Crippen LogP contribution in [-0.2, 0) is 9.59 Å². The number of fused-ring (bicyclic) bond motifs is 1. The lowest BCUT2D eigenvalue weighted by Crippen LogP contribution is -2.36. The molecule has 1 aliphatic rings. The van der Waals surface area contributed by atoms with E-state index in [4.69, 9.17) is 0 Å². The van der Waals surface area contributed by atoms with Gasteiger partial charge in [-0.2, -0.15) is 0 Å². The van der Waals surface area contributed by atoms with Crippen LogP contribution in [0, 0.1) is 18.8 Å². The van der Waals surface area contributed by atoms with Gasteiger partial charge in [-0.05, 0) is 38.0 Å². The molecule has 0 bridgehead atoms. The van der Waals surface area contributed by atoms with Crippen molar-refractivity contribution >= 4 is 39.1 Å². The highest BCUT2D eigenvalue weighted by Crippen LogP contribution is 2.32. The number of benzene rings is 1. The molecule has 0 unspecified atom stereocenters. The molecule has 2 N–H and O–H groups in total. The number of aromatic nitrogens is 1. The van der Waals surface area contributed by atoms with Gasteiger partial charge in [0.1, 0.15) is 0 Å². The van der Waals surface area contributed by atoms with Crippen molar-refractivity contribution in [1.82, 2.24) is 4.98 Å². The van der Waals surface area contributed by atoms with E-state index in [1.54, 1.807) is 11.3 Å². The van der Waals surface area contributed by atoms with Crippen molar-refractivity contribution in [2.45, 2.75) is 32.6 Å². The minimum Gasteiger partial charge on any atom is -0.481 e. The van der Waals surface area contributed by atoms with E-state index in [2.05, 4.69) is 10.3 Å². The van der Waals surface area contributed by atoms with Crippen molar-refractivity contribution in [1.29, 1.82) is 0 Å². The Kier molecular flexibility index (Phi) is 4.11. The summed E-state index contributed by atoms with van der Waals surface area (Å²) < 4.78 is 1.02. The molecule has 3 rings (SSSR count). The van der Waals surface area contributed by atoms with Crippen molar-refractivity contribution < 1.29 is 14.7 Å². The topological polar surface area (TPSA) is 79.3 Å². The highest BCUT2D eigenvalue weighted by molar-refractivity contribution is 7.18. The van der Waals surface area contributed by atoms with Crippen LogP contribution in [0.3, 0.4) is 0 Å². The SMILES string of the molecule is Cc1nc2ccc(NC(=O)[C@@H]3CCCC[C@@H]3C(=O)O)cc2s1. The zero-order chi connectivity index (χ0) is 15.7. The van der Waals surface area contributed by atoms with E-state index in [0.717, 1.165) is 28.1 Å². The first-order valence-electron chi connectivity index (χ1n) is 7.45. The van der Waals surface area contributed by atoms with Gasteiger partial charge in [-0.25, -0.2) is 4.98 Å². The number of anilines is 1. The summed E-state index contributed by atoms with van der Waals surface area (Å²) in [5.41, 5.74) is 1.62. The molecule has 1 heterocycles.